The average molecular weight is 570 g/mol. The molecule has 0 bridgehead atoms. The van der Waals surface area contributed by atoms with Crippen LogP contribution in [-0.4, -0.2) is 81.7 Å². The van der Waals surface area contributed by atoms with E-state index in [1.165, 1.54) is 6.33 Å². The number of benzene rings is 1. The molecule has 0 spiro atoms. The van der Waals surface area contributed by atoms with Crippen LogP contribution < -0.4 is 4.90 Å². The molecule has 1 N–H and O–H groups in total. The molecule has 0 unspecified atom stereocenters. The van der Waals surface area contributed by atoms with Crippen LogP contribution in [0.2, 0.25) is 5.02 Å². The number of aliphatic hydroxyl groups excluding tert-OH is 1. The summed E-state index contributed by atoms with van der Waals surface area (Å²) in [5.41, 5.74) is 1.94. The predicted molar refractivity (Wildman–Crippen MR) is 154 cm³/mol. The molecule has 3 aliphatic rings. The van der Waals surface area contributed by atoms with Gasteiger partial charge in [-0.1, -0.05) is 30.7 Å². The largest absolute Gasteiger partial charge is 0.444 e. The summed E-state index contributed by atoms with van der Waals surface area (Å²) in [6.45, 7) is 10.8. The monoisotopic (exact) mass is 569 g/mol. The molecule has 1 saturated heterocycles. The quantitative estimate of drug-likeness (QED) is 0.513. The molecule has 2 heterocycles. The number of hydrogen-bond donors (Lipinski definition) is 1. The van der Waals surface area contributed by atoms with Gasteiger partial charge in [-0.3, -0.25) is 4.79 Å². The summed E-state index contributed by atoms with van der Waals surface area (Å²) in [5.74, 6) is 0.945. The first-order chi connectivity index (χ1) is 19.0. The van der Waals surface area contributed by atoms with E-state index in [9.17, 15) is 14.7 Å². The molecule has 0 radical (unpaired) electrons. The van der Waals surface area contributed by atoms with Gasteiger partial charge in [-0.15, -0.1) is 0 Å². The van der Waals surface area contributed by atoms with E-state index in [1.54, 1.807) is 17.0 Å². The van der Waals surface area contributed by atoms with Crippen LogP contribution in [0.1, 0.15) is 81.7 Å². The van der Waals surface area contributed by atoms with Crippen molar-refractivity contribution in [2.24, 2.45) is 5.92 Å². The Morgan fingerprint density at radius 2 is 1.80 bits per heavy atom. The van der Waals surface area contributed by atoms with Gasteiger partial charge in [-0.25, -0.2) is 14.8 Å². The Balaban J connectivity index is 1.33. The van der Waals surface area contributed by atoms with Crippen molar-refractivity contribution in [3.8, 4) is 0 Å². The molecule has 40 heavy (non-hydrogen) atoms. The molecule has 5 rings (SSSR count). The van der Waals surface area contributed by atoms with Crippen molar-refractivity contribution in [1.82, 2.24) is 19.8 Å². The van der Waals surface area contributed by atoms with Gasteiger partial charge in [0.1, 0.15) is 17.7 Å². The Hall–Kier alpha value is -2.91. The zero-order valence-corrected chi connectivity index (χ0v) is 24.6. The number of ether oxygens (including phenoxy) is 1. The molecule has 1 aromatic heterocycles. The molecule has 2 fully saturated rings. The predicted octanol–water partition coefficient (Wildman–Crippen LogP) is 4.75. The van der Waals surface area contributed by atoms with Crippen LogP contribution in [0.25, 0.3) is 0 Å². The summed E-state index contributed by atoms with van der Waals surface area (Å²) in [6, 6.07) is 7.34. The Kier molecular flexibility index (Phi) is 8.25. The number of fused-ring (bicyclic) bond motifs is 1. The summed E-state index contributed by atoms with van der Waals surface area (Å²) in [6.07, 6.45) is 3.40. The first-order valence-corrected chi connectivity index (χ1v) is 14.7. The third-order valence-corrected chi connectivity index (χ3v) is 8.22. The van der Waals surface area contributed by atoms with Crippen molar-refractivity contribution in [2.75, 3.05) is 44.2 Å². The molecule has 1 aliphatic heterocycles. The lowest BCUT2D eigenvalue weighted by Crippen LogP contribution is -2.52. The van der Waals surface area contributed by atoms with Crippen LogP contribution in [-0.2, 0) is 9.53 Å². The molecule has 10 heteroatoms. The fourth-order valence-corrected chi connectivity index (χ4v) is 5.84. The summed E-state index contributed by atoms with van der Waals surface area (Å²) in [7, 11) is 0. The number of amides is 2. The maximum atomic E-state index is 14.1. The molecule has 1 saturated carbocycles. The first kappa shape index (κ1) is 28.6. The third-order valence-electron chi connectivity index (χ3n) is 7.97. The molecule has 3 atom stereocenters. The fourth-order valence-electron chi connectivity index (χ4n) is 5.72. The minimum atomic E-state index is -0.621. The highest BCUT2D eigenvalue weighted by atomic mass is 35.5. The van der Waals surface area contributed by atoms with Gasteiger partial charge < -0.3 is 24.5 Å². The first-order valence-electron chi connectivity index (χ1n) is 14.3. The maximum absolute atomic E-state index is 14.1. The van der Waals surface area contributed by atoms with E-state index >= 15 is 0 Å². The standard InChI is InChI=1S/C30H40ClN5O4/c1-19-15-24(37)26-25(19)27(33-18-32-26)34-11-13-35(14-12-34)28(38)23(21-7-9-22(31)10-8-21)17-36(16-20-5-6-20)29(39)40-30(2,3)4/h7-10,18-20,23-24,37H,5-6,11-17H2,1-4H3/t19-,23-,24+/m1/s1. The van der Waals surface area contributed by atoms with Crippen LogP contribution in [0.5, 0.6) is 0 Å². The lowest BCUT2D eigenvalue weighted by Gasteiger charge is -2.38. The molecule has 1 aromatic carbocycles. The highest BCUT2D eigenvalue weighted by Crippen LogP contribution is 2.43. The van der Waals surface area contributed by atoms with Gasteiger partial charge in [0.25, 0.3) is 0 Å². The van der Waals surface area contributed by atoms with Gasteiger partial charge in [0, 0.05) is 49.9 Å². The van der Waals surface area contributed by atoms with Gasteiger partial charge in [0.05, 0.1) is 17.7 Å². The lowest BCUT2D eigenvalue weighted by molar-refractivity contribution is -0.133. The minimum absolute atomic E-state index is 0.0111. The number of nitrogens with zero attached hydrogens (tertiary/aromatic N) is 5. The topological polar surface area (TPSA) is 99.1 Å². The second kappa shape index (κ2) is 11.5. The van der Waals surface area contributed by atoms with Crippen molar-refractivity contribution in [3.63, 3.8) is 0 Å². The van der Waals surface area contributed by atoms with E-state index in [4.69, 9.17) is 16.3 Å². The Bertz CT molecular complexity index is 1220. The SMILES string of the molecule is C[C@@H]1C[C@H](O)c2ncnc(N3CCN(C(=O)[C@H](CN(CC4CC4)C(=O)OC(C)(C)C)c4ccc(Cl)cc4)CC3)c21. The zero-order valence-electron chi connectivity index (χ0n) is 23.8. The van der Waals surface area contributed by atoms with Gasteiger partial charge >= 0.3 is 6.09 Å². The number of aromatic nitrogens is 2. The number of carbonyl (C=O) groups is 2. The van der Waals surface area contributed by atoms with E-state index in [0.29, 0.717) is 50.1 Å². The number of hydrogen-bond acceptors (Lipinski definition) is 7. The second-order valence-corrected chi connectivity index (χ2v) is 12.8. The van der Waals surface area contributed by atoms with E-state index in [0.717, 1.165) is 35.5 Å². The number of carbonyl (C=O) groups excluding carboxylic acids is 2. The van der Waals surface area contributed by atoms with Gasteiger partial charge in [0.15, 0.2) is 0 Å². The van der Waals surface area contributed by atoms with Crippen LogP contribution in [0.4, 0.5) is 10.6 Å². The maximum Gasteiger partial charge on any atom is 0.410 e. The van der Waals surface area contributed by atoms with Crippen LogP contribution >= 0.6 is 11.6 Å². The van der Waals surface area contributed by atoms with Crippen molar-refractivity contribution >= 4 is 29.4 Å². The summed E-state index contributed by atoms with van der Waals surface area (Å²) in [5, 5.41) is 11.0. The van der Waals surface area contributed by atoms with Crippen LogP contribution in [0, 0.1) is 5.92 Å². The van der Waals surface area contributed by atoms with Crippen LogP contribution in [0.15, 0.2) is 30.6 Å². The molecular formula is C30H40ClN5O4. The van der Waals surface area contributed by atoms with Gasteiger partial charge in [-0.2, -0.15) is 0 Å². The van der Waals surface area contributed by atoms with E-state index < -0.39 is 17.6 Å². The van der Waals surface area contributed by atoms with Gasteiger partial charge in [-0.05, 0) is 69.6 Å². The van der Waals surface area contributed by atoms with Crippen LogP contribution in [0.3, 0.4) is 0 Å². The van der Waals surface area contributed by atoms with Gasteiger partial charge in [0.2, 0.25) is 5.91 Å². The smallest absolute Gasteiger partial charge is 0.410 e. The summed E-state index contributed by atoms with van der Waals surface area (Å²) >= 11 is 6.17. The Morgan fingerprint density at radius 3 is 2.42 bits per heavy atom. The summed E-state index contributed by atoms with van der Waals surface area (Å²) in [4.78, 5) is 42.0. The molecule has 2 aromatic rings. The summed E-state index contributed by atoms with van der Waals surface area (Å²) < 4.78 is 5.73. The molecule has 9 nitrogen and oxygen atoms in total. The lowest BCUT2D eigenvalue weighted by atomic mass is 9.96. The molecular weight excluding hydrogens is 530 g/mol. The Labute approximate surface area is 241 Å². The number of piperazine rings is 1. The third kappa shape index (κ3) is 6.52. The molecule has 216 valence electrons. The van der Waals surface area contributed by atoms with E-state index in [-0.39, 0.29) is 24.5 Å². The number of anilines is 1. The zero-order chi connectivity index (χ0) is 28.6. The van der Waals surface area contributed by atoms with Crippen molar-refractivity contribution < 1.29 is 19.4 Å². The second-order valence-electron chi connectivity index (χ2n) is 12.4. The highest BCUT2D eigenvalue weighted by Gasteiger charge is 2.37. The van der Waals surface area contributed by atoms with Crippen molar-refractivity contribution in [3.05, 3.63) is 52.4 Å². The number of rotatable bonds is 7. The van der Waals surface area contributed by atoms with E-state index in [2.05, 4.69) is 21.8 Å². The molecule has 2 aliphatic carbocycles. The van der Waals surface area contributed by atoms with Crippen molar-refractivity contribution in [2.45, 2.75) is 70.5 Å². The number of aliphatic hydroxyl groups is 1. The normalized spacial score (nSPS) is 21.6. The molecule has 2 amide bonds. The Morgan fingerprint density at radius 1 is 1.12 bits per heavy atom. The number of halogens is 1. The van der Waals surface area contributed by atoms with Crippen molar-refractivity contribution in [1.29, 1.82) is 0 Å². The average Bonchev–Trinajstić information content (AvgIpc) is 3.69. The van der Waals surface area contributed by atoms with E-state index in [1.807, 2.05) is 37.8 Å². The minimum Gasteiger partial charge on any atom is -0.444 e. The fraction of sp³-hybridized carbons (Fsp3) is 0.600. The highest BCUT2D eigenvalue weighted by molar-refractivity contribution is 6.30.